The van der Waals surface area contributed by atoms with Gasteiger partial charge < -0.3 is 0 Å². The third-order valence-electron chi connectivity index (χ3n) is 2.69. The van der Waals surface area contributed by atoms with E-state index in [-0.39, 0.29) is 5.75 Å². The highest BCUT2D eigenvalue weighted by Gasteiger charge is 2.07. The highest BCUT2D eigenvalue weighted by atomic mass is 32.2. The lowest BCUT2D eigenvalue weighted by molar-refractivity contribution is 0.580. The van der Waals surface area contributed by atoms with Crippen LogP contribution in [0, 0.1) is 13.8 Å². The first kappa shape index (κ1) is 14.2. The van der Waals surface area contributed by atoms with Crippen LogP contribution in [0.3, 0.4) is 0 Å². The Kier molecular flexibility index (Phi) is 5.15. The average Bonchev–Trinajstić information content (AvgIpc) is 2.21. The van der Waals surface area contributed by atoms with Gasteiger partial charge in [0.25, 0.3) is 0 Å². The maximum absolute atomic E-state index is 11.4. The summed E-state index contributed by atoms with van der Waals surface area (Å²) in [5.41, 5.74) is 3.66. The van der Waals surface area contributed by atoms with E-state index in [2.05, 4.69) is 36.8 Å². The molecule has 0 radical (unpaired) electrons. The number of sulfonamides is 1. The number of aryl methyl sites for hydroxylation is 2. The van der Waals surface area contributed by atoms with E-state index in [0.717, 1.165) is 6.42 Å². The molecule has 1 aromatic carbocycles. The maximum atomic E-state index is 11.4. The molecule has 0 saturated carbocycles. The van der Waals surface area contributed by atoms with Crippen LogP contribution in [-0.2, 0) is 16.4 Å². The zero-order valence-corrected chi connectivity index (χ0v) is 11.6. The molecule has 0 bridgehead atoms. The second-order valence-electron chi connectivity index (χ2n) is 4.39. The SMILES string of the molecule is CCCS(=O)(=O)NCCc1ccc(C)cc1C. The zero-order chi connectivity index (χ0) is 12.9. The quantitative estimate of drug-likeness (QED) is 0.847. The largest absolute Gasteiger partial charge is 0.215 e. The number of hydrogen-bond acceptors (Lipinski definition) is 2. The van der Waals surface area contributed by atoms with Crippen molar-refractivity contribution in [2.45, 2.75) is 33.6 Å². The van der Waals surface area contributed by atoms with Gasteiger partial charge >= 0.3 is 0 Å². The molecule has 1 rings (SSSR count). The monoisotopic (exact) mass is 255 g/mol. The van der Waals surface area contributed by atoms with Crippen molar-refractivity contribution in [2.75, 3.05) is 12.3 Å². The molecular weight excluding hydrogens is 234 g/mol. The molecule has 0 spiro atoms. The van der Waals surface area contributed by atoms with Gasteiger partial charge in [-0.2, -0.15) is 0 Å². The van der Waals surface area contributed by atoms with E-state index in [0.29, 0.717) is 13.0 Å². The molecule has 3 nitrogen and oxygen atoms in total. The van der Waals surface area contributed by atoms with Crippen LogP contribution in [-0.4, -0.2) is 20.7 Å². The summed E-state index contributed by atoms with van der Waals surface area (Å²) in [6.07, 6.45) is 1.40. The van der Waals surface area contributed by atoms with Crippen molar-refractivity contribution in [3.8, 4) is 0 Å². The molecule has 0 aliphatic heterocycles. The van der Waals surface area contributed by atoms with Gasteiger partial charge in [0.15, 0.2) is 0 Å². The van der Waals surface area contributed by atoms with Crippen LogP contribution in [0.25, 0.3) is 0 Å². The molecule has 0 unspecified atom stereocenters. The van der Waals surface area contributed by atoms with Gasteiger partial charge in [-0.25, -0.2) is 13.1 Å². The lowest BCUT2D eigenvalue weighted by Gasteiger charge is -2.08. The third kappa shape index (κ3) is 4.88. The Bertz CT molecular complexity index is 466. The smallest absolute Gasteiger partial charge is 0.211 e. The van der Waals surface area contributed by atoms with Crippen LogP contribution in [0.2, 0.25) is 0 Å². The van der Waals surface area contributed by atoms with Gasteiger partial charge in [-0.3, -0.25) is 0 Å². The first-order valence-corrected chi connectivity index (χ1v) is 7.63. The van der Waals surface area contributed by atoms with Crippen molar-refractivity contribution in [3.63, 3.8) is 0 Å². The number of nitrogens with one attached hydrogen (secondary N) is 1. The van der Waals surface area contributed by atoms with E-state index in [4.69, 9.17) is 0 Å². The van der Waals surface area contributed by atoms with Gasteiger partial charge in [0, 0.05) is 6.54 Å². The first-order chi connectivity index (χ1) is 7.94. The summed E-state index contributed by atoms with van der Waals surface area (Å²) in [5, 5.41) is 0. The molecule has 96 valence electrons. The Morgan fingerprint density at radius 2 is 1.94 bits per heavy atom. The molecule has 0 fully saturated rings. The first-order valence-electron chi connectivity index (χ1n) is 5.98. The minimum Gasteiger partial charge on any atom is -0.215 e. The van der Waals surface area contributed by atoms with Crippen LogP contribution in [0.5, 0.6) is 0 Å². The molecular formula is C13H21NO2S. The number of hydrogen-bond donors (Lipinski definition) is 1. The van der Waals surface area contributed by atoms with Gasteiger partial charge in [0.05, 0.1) is 5.75 Å². The third-order valence-corrected chi connectivity index (χ3v) is 4.28. The second kappa shape index (κ2) is 6.17. The van der Waals surface area contributed by atoms with Gasteiger partial charge in [-0.05, 0) is 37.8 Å². The van der Waals surface area contributed by atoms with E-state index < -0.39 is 10.0 Å². The van der Waals surface area contributed by atoms with Gasteiger partial charge in [-0.1, -0.05) is 30.7 Å². The molecule has 0 saturated heterocycles. The van der Waals surface area contributed by atoms with Crippen molar-refractivity contribution in [2.24, 2.45) is 0 Å². The fraction of sp³-hybridized carbons (Fsp3) is 0.538. The van der Waals surface area contributed by atoms with Crippen LogP contribution < -0.4 is 4.72 Å². The second-order valence-corrected chi connectivity index (χ2v) is 6.32. The number of rotatable bonds is 6. The van der Waals surface area contributed by atoms with Crippen molar-refractivity contribution < 1.29 is 8.42 Å². The summed E-state index contributed by atoms with van der Waals surface area (Å²) in [7, 11) is -3.07. The average molecular weight is 255 g/mol. The van der Waals surface area contributed by atoms with E-state index in [1.54, 1.807) is 0 Å². The molecule has 4 heteroatoms. The molecule has 0 aliphatic carbocycles. The molecule has 1 N–H and O–H groups in total. The van der Waals surface area contributed by atoms with Crippen LogP contribution in [0.4, 0.5) is 0 Å². The molecule has 0 aliphatic rings. The highest BCUT2D eigenvalue weighted by molar-refractivity contribution is 7.89. The molecule has 0 atom stereocenters. The summed E-state index contributed by atoms with van der Waals surface area (Å²) in [6, 6.07) is 6.25. The Hall–Kier alpha value is -0.870. The summed E-state index contributed by atoms with van der Waals surface area (Å²) < 4.78 is 25.5. The van der Waals surface area contributed by atoms with Crippen molar-refractivity contribution in [1.82, 2.24) is 4.72 Å². The van der Waals surface area contributed by atoms with E-state index >= 15 is 0 Å². The summed E-state index contributed by atoms with van der Waals surface area (Å²) >= 11 is 0. The lowest BCUT2D eigenvalue weighted by Crippen LogP contribution is -2.28. The molecule has 0 heterocycles. The lowest BCUT2D eigenvalue weighted by atomic mass is 10.0. The predicted octanol–water partition coefficient (Wildman–Crippen LogP) is 2.18. The normalized spacial score (nSPS) is 11.7. The van der Waals surface area contributed by atoms with Crippen LogP contribution in [0.15, 0.2) is 18.2 Å². The van der Waals surface area contributed by atoms with Gasteiger partial charge in [0.1, 0.15) is 0 Å². The zero-order valence-electron chi connectivity index (χ0n) is 10.8. The Balaban J connectivity index is 2.51. The Labute approximate surface area is 104 Å². The highest BCUT2D eigenvalue weighted by Crippen LogP contribution is 2.10. The Morgan fingerprint density at radius 3 is 2.53 bits per heavy atom. The van der Waals surface area contributed by atoms with E-state index in [1.165, 1.54) is 16.7 Å². The standard InChI is InChI=1S/C13H21NO2S/c1-4-9-17(15,16)14-8-7-13-6-5-11(2)10-12(13)3/h5-6,10,14H,4,7-9H2,1-3H3. The molecule has 0 aromatic heterocycles. The molecule has 1 aromatic rings. The van der Waals surface area contributed by atoms with Crippen molar-refractivity contribution in [1.29, 1.82) is 0 Å². The van der Waals surface area contributed by atoms with Crippen molar-refractivity contribution in [3.05, 3.63) is 34.9 Å². The van der Waals surface area contributed by atoms with Gasteiger partial charge in [-0.15, -0.1) is 0 Å². The van der Waals surface area contributed by atoms with E-state index in [9.17, 15) is 8.42 Å². The van der Waals surface area contributed by atoms with E-state index in [1.807, 2.05) is 6.92 Å². The number of benzene rings is 1. The molecule has 0 amide bonds. The van der Waals surface area contributed by atoms with Crippen molar-refractivity contribution >= 4 is 10.0 Å². The summed E-state index contributed by atoms with van der Waals surface area (Å²) in [6.45, 7) is 6.46. The fourth-order valence-electron chi connectivity index (χ4n) is 1.81. The molecule has 17 heavy (non-hydrogen) atoms. The summed E-state index contributed by atoms with van der Waals surface area (Å²) in [4.78, 5) is 0. The topological polar surface area (TPSA) is 46.2 Å². The predicted molar refractivity (Wildman–Crippen MR) is 71.7 cm³/mol. The van der Waals surface area contributed by atoms with Gasteiger partial charge in [0.2, 0.25) is 10.0 Å². The van der Waals surface area contributed by atoms with Crippen LogP contribution in [0.1, 0.15) is 30.0 Å². The minimum absolute atomic E-state index is 0.208. The Morgan fingerprint density at radius 1 is 1.24 bits per heavy atom. The maximum Gasteiger partial charge on any atom is 0.211 e. The summed E-state index contributed by atoms with van der Waals surface area (Å²) in [5.74, 6) is 0.208. The minimum atomic E-state index is -3.07. The van der Waals surface area contributed by atoms with Crippen LogP contribution >= 0.6 is 0 Å². The fourth-order valence-corrected chi connectivity index (χ4v) is 2.90.